The number of pyridine rings is 1. The van der Waals surface area contributed by atoms with Crippen molar-refractivity contribution >= 4 is 15.7 Å². The number of aromatic nitrogens is 1. The molecule has 132 valence electrons. The van der Waals surface area contributed by atoms with E-state index >= 15 is 0 Å². The second kappa shape index (κ2) is 7.35. The van der Waals surface area contributed by atoms with Crippen molar-refractivity contribution in [2.45, 2.75) is 43.7 Å². The Bertz CT molecular complexity index is 829. The number of hydrogen-bond donors (Lipinski definition) is 0. The molecule has 0 N–H and O–H groups in total. The Hall–Kier alpha value is -2.21. The predicted molar refractivity (Wildman–Crippen MR) is 95.7 cm³/mol. The second-order valence-corrected chi connectivity index (χ2v) is 8.60. The van der Waals surface area contributed by atoms with Crippen molar-refractivity contribution in [1.29, 1.82) is 0 Å². The molecule has 0 atom stereocenters. The summed E-state index contributed by atoms with van der Waals surface area (Å²) in [5.74, 6) is -0.260. The molecular formula is C19H22N2O3S. The molecule has 0 aliphatic heterocycles. The number of hydrogen-bond acceptors (Lipinski definition) is 4. The molecule has 1 aromatic heterocycles. The topological polar surface area (TPSA) is 67.3 Å². The lowest BCUT2D eigenvalue weighted by Crippen LogP contribution is -2.33. The summed E-state index contributed by atoms with van der Waals surface area (Å²) in [6.45, 7) is 2.42. The molecule has 1 aromatic carbocycles. The average molecular weight is 358 g/mol. The standard InChI is InChI=1S/C19H22N2O3S/c1-15-2-6-18(7-3-15)25(23,24)13-10-19(22)21(17-4-5-17)14-16-8-11-20-12-9-16/h2-3,6-9,11-12,17H,4-5,10,13-14H2,1H3. The van der Waals surface area contributed by atoms with Crippen LogP contribution in [0.3, 0.4) is 0 Å². The molecule has 1 saturated carbocycles. The molecule has 3 rings (SSSR count). The maximum Gasteiger partial charge on any atom is 0.224 e. The normalized spacial score (nSPS) is 14.3. The van der Waals surface area contributed by atoms with E-state index in [1.54, 1.807) is 41.6 Å². The summed E-state index contributed by atoms with van der Waals surface area (Å²) in [7, 11) is -3.44. The number of amides is 1. The largest absolute Gasteiger partial charge is 0.335 e. The maximum atomic E-state index is 12.6. The summed E-state index contributed by atoms with van der Waals surface area (Å²) in [6.07, 6.45) is 5.39. The van der Waals surface area contributed by atoms with Gasteiger partial charge in [-0.1, -0.05) is 17.7 Å². The van der Waals surface area contributed by atoms with Gasteiger partial charge in [0.1, 0.15) is 0 Å². The quantitative estimate of drug-likeness (QED) is 0.763. The van der Waals surface area contributed by atoms with Crippen LogP contribution in [-0.2, 0) is 21.2 Å². The number of nitrogens with zero attached hydrogens (tertiary/aromatic N) is 2. The minimum absolute atomic E-state index is 0.0117. The molecule has 1 amide bonds. The summed E-state index contributed by atoms with van der Waals surface area (Å²) < 4.78 is 24.9. The monoisotopic (exact) mass is 358 g/mol. The fourth-order valence-electron chi connectivity index (χ4n) is 2.72. The van der Waals surface area contributed by atoms with Gasteiger partial charge in [0.15, 0.2) is 9.84 Å². The number of sulfone groups is 1. The van der Waals surface area contributed by atoms with E-state index in [2.05, 4.69) is 4.98 Å². The van der Waals surface area contributed by atoms with Crippen molar-refractivity contribution in [3.8, 4) is 0 Å². The van der Waals surface area contributed by atoms with Crippen LogP contribution in [0.5, 0.6) is 0 Å². The zero-order valence-corrected chi connectivity index (χ0v) is 15.1. The minimum Gasteiger partial charge on any atom is -0.335 e. The smallest absolute Gasteiger partial charge is 0.224 e. The van der Waals surface area contributed by atoms with E-state index < -0.39 is 9.84 Å². The highest BCUT2D eigenvalue weighted by Gasteiger charge is 2.33. The van der Waals surface area contributed by atoms with E-state index in [9.17, 15) is 13.2 Å². The number of rotatable bonds is 7. The van der Waals surface area contributed by atoms with Crippen molar-refractivity contribution in [2.75, 3.05) is 5.75 Å². The van der Waals surface area contributed by atoms with E-state index in [0.29, 0.717) is 6.54 Å². The van der Waals surface area contributed by atoms with Crippen LogP contribution < -0.4 is 0 Å². The Balaban J connectivity index is 1.64. The Morgan fingerprint density at radius 3 is 2.36 bits per heavy atom. The van der Waals surface area contributed by atoms with Gasteiger partial charge < -0.3 is 4.90 Å². The number of aryl methyl sites for hydroxylation is 1. The molecule has 5 nitrogen and oxygen atoms in total. The highest BCUT2D eigenvalue weighted by atomic mass is 32.2. The third kappa shape index (κ3) is 4.66. The lowest BCUT2D eigenvalue weighted by molar-refractivity contribution is -0.132. The van der Waals surface area contributed by atoms with Crippen LogP contribution in [0.2, 0.25) is 0 Å². The molecule has 1 aliphatic rings. The molecule has 1 aliphatic carbocycles. The molecule has 0 bridgehead atoms. The summed E-state index contributed by atoms with van der Waals surface area (Å²) >= 11 is 0. The van der Waals surface area contributed by atoms with E-state index in [0.717, 1.165) is 24.0 Å². The highest BCUT2D eigenvalue weighted by molar-refractivity contribution is 7.91. The van der Waals surface area contributed by atoms with Gasteiger partial charge >= 0.3 is 0 Å². The van der Waals surface area contributed by atoms with Gasteiger partial charge in [0.2, 0.25) is 5.91 Å². The van der Waals surface area contributed by atoms with E-state index in [1.165, 1.54) is 0 Å². The zero-order chi connectivity index (χ0) is 17.9. The number of benzene rings is 1. The van der Waals surface area contributed by atoms with Crippen molar-refractivity contribution < 1.29 is 13.2 Å². The van der Waals surface area contributed by atoms with Crippen LogP contribution in [0.15, 0.2) is 53.7 Å². The van der Waals surface area contributed by atoms with Crippen molar-refractivity contribution in [3.63, 3.8) is 0 Å². The highest BCUT2D eigenvalue weighted by Crippen LogP contribution is 2.29. The summed E-state index contributed by atoms with van der Waals surface area (Å²) in [4.78, 5) is 18.7. The van der Waals surface area contributed by atoms with Crippen molar-refractivity contribution in [3.05, 3.63) is 59.9 Å². The third-order valence-electron chi connectivity index (χ3n) is 4.38. The summed E-state index contributed by atoms with van der Waals surface area (Å²) in [5.41, 5.74) is 2.02. The summed E-state index contributed by atoms with van der Waals surface area (Å²) in [6, 6.07) is 10.7. The van der Waals surface area contributed by atoms with Crippen LogP contribution in [0.1, 0.15) is 30.4 Å². The van der Waals surface area contributed by atoms with Crippen LogP contribution in [0.25, 0.3) is 0 Å². The lowest BCUT2D eigenvalue weighted by Gasteiger charge is -2.22. The van der Waals surface area contributed by atoms with Gasteiger partial charge in [0.25, 0.3) is 0 Å². The molecular weight excluding hydrogens is 336 g/mol. The van der Waals surface area contributed by atoms with Gasteiger partial charge in [-0.2, -0.15) is 0 Å². The molecule has 2 aromatic rings. The molecule has 25 heavy (non-hydrogen) atoms. The Morgan fingerprint density at radius 2 is 1.76 bits per heavy atom. The molecule has 0 saturated heterocycles. The Labute approximate surface area is 148 Å². The molecule has 0 unspecified atom stereocenters. The summed E-state index contributed by atoms with van der Waals surface area (Å²) in [5, 5.41) is 0. The zero-order valence-electron chi connectivity index (χ0n) is 14.3. The first-order valence-corrected chi connectivity index (χ1v) is 10.1. The first-order valence-electron chi connectivity index (χ1n) is 8.43. The third-order valence-corrected chi connectivity index (χ3v) is 6.11. The SMILES string of the molecule is Cc1ccc(S(=O)(=O)CCC(=O)N(Cc2ccncc2)C2CC2)cc1. The van der Waals surface area contributed by atoms with Gasteiger partial charge in [-0.3, -0.25) is 9.78 Å². The maximum absolute atomic E-state index is 12.6. The first-order chi connectivity index (χ1) is 12.0. The van der Waals surface area contributed by atoms with Crippen LogP contribution in [0.4, 0.5) is 0 Å². The van der Waals surface area contributed by atoms with E-state index in [4.69, 9.17) is 0 Å². The van der Waals surface area contributed by atoms with Gasteiger partial charge in [-0.15, -0.1) is 0 Å². The fourth-order valence-corrected chi connectivity index (χ4v) is 3.95. The minimum atomic E-state index is -3.44. The number of carbonyl (C=O) groups is 1. The van der Waals surface area contributed by atoms with Crippen LogP contribution >= 0.6 is 0 Å². The first kappa shape index (κ1) is 17.6. The van der Waals surface area contributed by atoms with Crippen LogP contribution in [0, 0.1) is 6.92 Å². The Kier molecular flexibility index (Phi) is 5.18. The average Bonchev–Trinajstić information content (AvgIpc) is 3.44. The van der Waals surface area contributed by atoms with Gasteiger partial charge in [0, 0.05) is 31.4 Å². The van der Waals surface area contributed by atoms with E-state index in [1.807, 2.05) is 19.1 Å². The second-order valence-electron chi connectivity index (χ2n) is 6.49. The van der Waals surface area contributed by atoms with Gasteiger partial charge in [0.05, 0.1) is 10.6 Å². The molecule has 1 fully saturated rings. The Morgan fingerprint density at radius 1 is 1.12 bits per heavy atom. The van der Waals surface area contributed by atoms with Crippen molar-refractivity contribution in [2.24, 2.45) is 0 Å². The molecule has 1 heterocycles. The van der Waals surface area contributed by atoms with Gasteiger partial charge in [-0.25, -0.2) is 8.42 Å². The van der Waals surface area contributed by atoms with E-state index in [-0.39, 0.29) is 29.0 Å². The predicted octanol–water partition coefficient (Wildman–Crippen LogP) is 2.75. The number of carbonyl (C=O) groups excluding carboxylic acids is 1. The molecule has 6 heteroatoms. The van der Waals surface area contributed by atoms with Crippen molar-refractivity contribution in [1.82, 2.24) is 9.88 Å². The van der Waals surface area contributed by atoms with Crippen LogP contribution in [-0.4, -0.2) is 36.0 Å². The fraction of sp³-hybridized carbons (Fsp3) is 0.368. The molecule has 0 spiro atoms. The van der Waals surface area contributed by atoms with Gasteiger partial charge in [-0.05, 0) is 49.6 Å². The lowest BCUT2D eigenvalue weighted by atomic mass is 10.2. The molecule has 0 radical (unpaired) electrons.